The second-order valence-corrected chi connectivity index (χ2v) is 8.90. The predicted octanol–water partition coefficient (Wildman–Crippen LogP) is 3.77. The number of Topliss-reactive ketones (excluding diaryl/α,β-unsaturated/α-hetero) is 1. The molecule has 0 bridgehead atoms. The number of rotatable bonds is 5. The molecule has 0 radical (unpaired) electrons. The molecule has 1 aliphatic rings. The number of aromatic nitrogens is 1. The van der Waals surface area contributed by atoms with E-state index in [9.17, 15) is 23.9 Å². The van der Waals surface area contributed by atoms with Gasteiger partial charge in [0.1, 0.15) is 16.8 Å². The molecule has 2 heterocycles. The molecule has 154 valence electrons. The van der Waals surface area contributed by atoms with Crippen LogP contribution in [-0.4, -0.2) is 34.2 Å². The van der Waals surface area contributed by atoms with Crippen molar-refractivity contribution in [1.82, 2.24) is 4.98 Å². The van der Waals surface area contributed by atoms with E-state index in [0.29, 0.717) is 21.2 Å². The second-order valence-electron chi connectivity index (χ2n) is 6.73. The third-order valence-electron chi connectivity index (χ3n) is 5.00. The van der Waals surface area contributed by atoms with Crippen molar-refractivity contribution in [2.75, 3.05) is 7.11 Å². The number of hydrogen-bond donors (Lipinski definition) is 2. The summed E-state index contributed by atoms with van der Waals surface area (Å²) in [6, 6.07) is 12.0. The number of thiazole rings is 1. The zero-order chi connectivity index (χ0) is 21.4. The fourth-order valence-electron chi connectivity index (χ4n) is 3.63. The van der Waals surface area contributed by atoms with Gasteiger partial charge in [0.25, 0.3) is 0 Å². The van der Waals surface area contributed by atoms with Crippen molar-refractivity contribution < 1.29 is 23.8 Å². The third kappa shape index (κ3) is 3.66. The Hall–Kier alpha value is -2.91. The second kappa shape index (κ2) is 8.08. The Labute approximate surface area is 178 Å². The number of H-pyrrole nitrogens is 1. The first-order chi connectivity index (χ1) is 14.4. The van der Waals surface area contributed by atoms with Gasteiger partial charge in [0.15, 0.2) is 5.78 Å². The fourth-order valence-corrected chi connectivity index (χ4v) is 6.04. The summed E-state index contributed by atoms with van der Waals surface area (Å²) in [5.74, 6) is -3.07. The maximum absolute atomic E-state index is 13.4. The Morgan fingerprint density at radius 2 is 1.77 bits per heavy atom. The van der Waals surface area contributed by atoms with E-state index in [4.69, 9.17) is 4.74 Å². The predicted molar refractivity (Wildman–Crippen MR) is 111 cm³/mol. The molecule has 0 amide bonds. The molecule has 0 fully saturated rings. The molecule has 2 aromatic carbocycles. The number of benzene rings is 2. The standard InChI is InChI=1S/C21H16FNO5S2/c1-28-13-8-4-10(5-9-13)14-15(16(24)11-2-6-12(22)7-3-11)18(20(25)26)29-19-17(14)30-21(27)23-19/h2-9,14-15,18H,1H3,(H,23,27)(H,25,26)/t14-,15+,18-/m1/s1. The van der Waals surface area contributed by atoms with Gasteiger partial charge in [0.2, 0.25) is 0 Å². The molecule has 0 saturated heterocycles. The lowest BCUT2D eigenvalue weighted by atomic mass is 9.78. The first-order valence-corrected chi connectivity index (χ1v) is 10.6. The van der Waals surface area contributed by atoms with Gasteiger partial charge in [-0.3, -0.25) is 14.4 Å². The molecule has 0 spiro atoms. The maximum atomic E-state index is 13.4. The Kier molecular flexibility index (Phi) is 5.48. The molecule has 6 nitrogen and oxygen atoms in total. The number of aromatic amines is 1. The molecule has 2 N–H and O–H groups in total. The van der Waals surface area contributed by atoms with Gasteiger partial charge in [-0.1, -0.05) is 35.2 Å². The molecule has 0 unspecified atom stereocenters. The van der Waals surface area contributed by atoms with Gasteiger partial charge in [-0.15, -0.1) is 0 Å². The Balaban J connectivity index is 1.89. The van der Waals surface area contributed by atoms with Crippen LogP contribution in [0.3, 0.4) is 0 Å². The van der Waals surface area contributed by atoms with E-state index in [1.54, 1.807) is 24.3 Å². The summed E-state index contributed by atoms with van der Waals surface area (Å²) in [6.07, 6.45) is 0. The highest BCUT2D eigenvalue weighted by molar-refractivity contribution is 8.00. The highest BCUT2D eigenvalue weighted by atomic mass is 32.2. The molecule has 1 aliphatic heterocycles. The molecule has 0 saturated carbocycles. The number of thioether (sulfide) groups is 1. The summed E-state index contributed by atoms with van der Waals surface area (Å²) in [6.45, 7) is 0. The van der Waals surface area contributed by atoms with E-state index in [2.05, 4.69) is 4.98 Å². The van der Waals surface area contributed by atoms with Crippen molar-refractivity contribution >= 4 is 34.9 Å². The summed E-state index contributed by atoms with van der Waals surface area (Å²) >= 11 is 1.93. The normalized spacial score (nSPS) is 20.4. The first kappa shape index (κ1) is 20.4. The Bertz CT molecular complexity index is 1150. The molecule has 0 aliphatic carbocycles. The average Bonchev–Trinajstić information content (AvgIpc) is 3.12. The van der Waals surface area contributed by atoms with Crippen LogP contribution in [0.2, 0.25) is 0 Å². The van der Waals surface area contributed by atoms with Crippen LogP contribution < -0.4 is 9.61 Å². The minimum Gasteiger partial charge on any atom is -0.497 e. The molecule has 4 rings (SSSR count). The van der Waals surface area contributed by atoms with Crippen LogP contribution in [-0.2, 0) is 4.79 Å². The van der Waals surface area contributed by atoms with Crippen molar-refractivity contribution in [3.05, 3.63) is 80.0 Å². The van der Waals surface area contributed by atoms with Crippen LogP contribution in [0.15, 0.2) is 58.4 Å². The van der Waals surface area contributed by atoms with Crippen LogP contribution in [0.4, 0.5) is 4.39 Å². The SMILES string of the molecule is COc1ccc([C@H]2c3sc(=O)[nH]c3S[C@@H](C(=O)O)[C@@H]2C(=O)c2ccc(F)cc2)cc1. The summed E-state index contributed by atoms with van der Waals surface area (Å²) < 4.78 is 18.5. The van der Waals surface area contributed by atoms with E-state index < -0.39 is 34.7 Å². The summed E-state index contributed by atoms with van der Waals surface area (Å²) in [4.78, 5) is 40.6. The molecular formula is C21H16FNO5S2. The van der Waals surface area contributed by atoms with E-state index in [-0.39, 0.29) is 10.4 Å². The number of carboxylic acid groups (broad SMARTS) is 1. The number of aliphatic carboxylic acids is 1. The van der Waals surface area contributed by atoms with Crippen molar-refractivity contribution in [1.29, 1.82) is 0 Å². The Morgan fingerprint density at radius 1 is 1.10 bits per heavy atom. The largest absolute Gasteiger partial charge is 0.497 e. The maximum Gasteiger partial charge on any atom is 0.317 e. The van der Waals surface area contributed by atoms with Gasteiger partial charge in [-0.25, -0.2) is 4.39 Å². The van der Waals surface area contributed by atoms with Crippen LogP contribution in [0.5, 0.6) is 5.75 Å². The van der Waals surface area contributed by atoms with Gasteiger partial charge in [0, 0.05) is 16.4 Å². The highest BCUT2D eigenvalue weighted by Gasteiger charge is 2.47. The zero-order valence-electron chi connectivity index (χ0n) is 15.6. The first-order valence-electron chi connectivity index (χ1n) is 8.95. The lowest BCUT2D eigenvalue weighted by molar-refractivity contribution is -0.137. The van der Waals surface area contributed by atoms with Crippen molar-refractivity contribution in [2.45, 2.75) is 16.2 Å². The number of hydrogen-bond acceptors (Lipinski definition) is 6. The molecule has 3 atom stereocenters. The van der Waals surface area contributed by atoms with Crippen molar-refractivity contribution in [3.8, 4) is 5.75 Å². The van der Waals surface area contributed by atoms with E-state index in [1.165, 1.54) is 31.4 Å². The molecular weight excluding hydrogens is 429 g/mol. The van der Waals surface area contributed by atoms with Crippen molar-refractivity contribution in [2.24, 2.45) is 5.92 Å². The lowest BCUT2D eigenvalue weighted by Gasteiger charge is -2.34. The van der Waals surface area contributed by atoms with Gasteiger partial charge >= 0.3 is 10.8 Å². The number of fused-ring (bicyclic) bond motifs is 1. The van der Waals surface area contributed by atoms with Crippen LogP contribution >= 0.6 is 23.1 Å². The quantitative estimate of drug-likeness (QED) is 0.581. The highest BCUT2D eigenvalue weighted by Crippen LogP contribution is 2.50. The zero-order valence-corrected chi connectivity index (χ0v) is 17.3. The van der Waals surface area contributed by atoms with Crippen LogP contribution in [0, 0.1) is 11.7 Å². The molecule has 1 aromatic heterocycles. The van der Waals surface area contributed by atoms with E-state index >= 15 is 0 Å². The monoisotopic (exact) mass is 445 g/mol. The molecule has 9 heteroatoms. The number of nitrogens with one attached hydrogen (secondary N) is 1. The summed E-state index contributed by atoms with van der Waals surface area (Å²) in [5.41, 5.74) is 0.914. The number of carbonyl (C=O) groups is 2. The van der Waals surface area contributed by atoms with Crippen LogP contribution in [0.1, 0.15) is 26.7 Å². The van der Waals surface area contributed by atoms with Gasteiger partial charge < -0.3 is 14.8 Å². The minimum absolute atomic E-state index is 0.220. The van der Waals surface area contributed by atoms with E-state index in [0.717, 1.165) is 23.1 Å². The van der Waals surface area contributed by atoms with Gasteiger partial charge in [0.05, 0.1) is 18.1 Å². The average molecular weight is 445 g/mol. The molecule has 30 heavy (non-hydrogen) atoms. The number of carboxylic acids is 1. The fraction of sp³-hybridized carbons (Fsp3) is 0.190. The number of methoxy groups -OCH3 is 1. The van der Waals surface area contributed by atoms with E-state index in [1.807, 2.05) is 0 Å². The van der Waals surface area contributed by atoms with Gasteiger partial charge in [-0.2, -0.15) is 0 Å². The van der Waals surface area contributed by atoms with Gasteiger partial charge in [-0.05, 0) is 42.0 Å². The summed E-state index contributed by atoms with van der Waals surface area (Å²) in [5, 5.41) is 9.23. The van der Waals surface area contributed by atoms with Crippen LogP contribution in [0.25, 0.3) is 0 Å². The third-order valence-corrected chi connectivity index (χ3v) is 7.41. The number of ketones is 1. The minimum atomic E-state index is -1.16. The van der Waals surface area contributed by atoms with Crippen molar-refractivity contribution in [3.63, 3.8) is 0 Å². The number of carbonyl (C=O) groups excluding carboxylic acids is 1. The summed E-state index contributed by atoms with van der Waals surface area (Å²) in [7, 11) is 1.53. The lowest BCUT2D eigenvalue weighted by Crippen LogP contribution is -2.39. The smallest absolute Gasteiger partial charge is 0.317 e. The molecule has 3 aromatic rings. The topological polar surface area (TPSA) is 96.5 Å². The number of halogens is 1. The number of ether oxygens (including phenoxy) is 1. The Morgan fingerprint density at radius 3 is 2.37 bits per heavy atom.